The van der Waals surface area contributed by atoms with Gasteiger partial charge in [-0.3, -0.25) is 4.99 Å². The average molecular weight is 398 g/mol. The van der Waals surface area contributed by atoms with Crippen LogP contribution >= 0.6 is 24.0 Å². The van der Waals surface area contributed by atoms with Crippen molar-refractivity contribution in [1.29, 1.82) is 0 Å². The molecule has 0 aromatic rings. The number of nitrogens with one attached hydrogen (secondary N) is 1. The van der Waals surface area contributed by atoms with Crippen molar-refractivity contribution in [3.63, 3.8) is 0 Å². The van der Waals surface area contributed by atoms with Crippen molar-refractivity contribution in [2.75, 3.05) is 45.9 Å². The van der Waals surface area contributed by atoms with Gasteiger partial charge in [-0.2, -0.15) is 0 Å². The Labute approximate surface area is 140 Å². The minimum absolute atomic E-state index is 0. The average Bonchev–Trinajstić information content (AvgIpc) is 2.89. The van der Waals surface area contributed by atoms with Crippen LogP contribution in [0.4, 0.5) is 0 Å². The van der Waals surface area contributed by atoms with Crippen LogP contribution in [0.15, 0.2) is 4.99 Å². The lowest BCUT2D eigenvalue weighted by Gasteiger charge is -2.18. The molecule has 0 spiro atoms. The lowest BCUT2D eigenvalue weighted by atomic mass is 10.2. The Hall–Kier alpha value is -0.0800. The zero-order valence-electron chi connectivity index (χ0n) is 12.9. The summed E-state index contributed by atoms with van der Waals surface area (Å²) in [5.74, 6) is 1.13. The Morgan fingerprint density at radius 2 is 2.10 bits per heavy atom. The molecule has 1 fully saturated rings. The van der Waals surface area contributed by atoms with Gasteiger partial charge in [0.1, 0.15) is 0 Å². The molecule has 6 heteroatoms. The van der Waals surface area contributed by atoms with Crippen molar-refractivity contribution in [3.05, 3.63) is 0 Å². The van der Waals surface area contributed by atoms with Crippen molar-refractivity contribution in [3.8, 4) is 0 Å². The molecule has 0 aromatic carbocycles. The predicted molar refractivity (Wildman–Crippen MR) is 95.9 cm³/mol. The molecule has 0 bridgehead atoms. The Morgan fingerprint density at radius 1 is 1.40 bits per heavy atom. The van der Waals surface area contributed by atoms with Gasteiger partial charge in [0.05, 0.1) is 0 Å². The molecule has 0 aromatic heterocycles. The molecule has 1 heterocycles. The first-order valence-corrected chi connectivity index (χ1v) is 7.56. The first-order valence-electron chi connectivity index (χ1n) is 7.56. The summed E-state index contributed by atoms with van der Waals surface area (Å²) in [5, 5.41) is 3.12. The van der Waals surface area contributed by atoms with Gasteiger partial charge >= 0.3 is 0 Å². The number of hydrogen-bond donors (Lipinski definition) is 2. The van der Waals surface area contributed by atoms with Gasteiger partial charge in [-0.05, 0) is 45.2 Å². The molecule has 0 saturated carbocycles. The molecule has 5 nitrogen and oxygen atoms in total. The largest absolute Gasteiger partial charge is 0.382 e. The van der Waals surface area contributed by atoms with Gasteiger partial charge in [-0.1, -0.05) is 6.92 Å². The summed E-state index contributed by atoms with van der Waals surface area (Å²) in [7, 11) is 0. The second-order valence-electron chi connectivity index (χ2n) is 5.32. The van der Waals surface area contributed by atoms with E-state index in [0.717, 1.165) is 39.3 Å². The number of halogens is 1. The highest BCUT2D eigenvalue weighted by Crippen LogP contribution is 2.10. The second kappa shape index (κ2) is 12.6. The standard InChI is InChI=1S/C14H30N4O.HI/c1-3-19-10-6-7-16-14(15)17-11-13(2)12-18-8-4-5-9-18;/h13H,3-12H2,1-2H3,(H3,15,16,17);1H. The maximum absolute atomic E-state index is 5.83. The third-order valence-corrected chi connectivity index (χ3v) is 3.32. The minimum Gasteiger partial charge on any atom is -0.382 e. The Balaban J connectivity index is 0.00000361. The third-order valence-electron chi connectivity index (χ3n) is 3.32. The molecule has 0 aliphatic carbocycles. The van der Waals surface area contributed by atoms with Gasteiger partial charge in [0, 0.05) is 32.8 Å². The molecule has 1 aliphatic rings. The van der Waals surface area contributed by atoms with E-state index in [1.165, 1.54) is 25.9 Å². The first kappa shape index (κ1) is 19.9. The van der Waals surface area contributed by atoms with Crippen molar-refractivity contribution < 1.29 is 4.74 Å². The Morgan fingerprint density at radius 3 is 2.75 bits per heavy atom. The number of likely N-dealkylation sites (tertiary alicyclic amines) is 1. The lowest BCUT2D eigenvalue weighted by molar-refractivity contribution is 0.145. The van der Waals surface area contributed by atoms with Crippen LogP contribution in [-0.2, 0) is 4.74 Å². The van der Waals surface area contributed by atoms with Crippen molar-refractivity contribution in [1.82, 2.24) is 10.2 Å². The van der Waals surface area contributed by atoms with Crippen LogP contribution in [0.5, 0.6) is 0 Å². The van der Waals surface area contributed by atoms with Crippen LogP contribution in [0.25, 0.3) is 0 Å². The highest BCUT2D eigenvalue weighted by molar-refractivity contribution is 14.0. The van der Waals surface area contributed by atoms with E-state index in [1.807, 2.05) is 6.92 Å². The molecule has 1 unspecified atom stereocenters. The summed E-state index contributed by atoms with van der Waals surface area (Å²) in [6.07, 6.45) is 3.66. The minimum atomic E-state index is 0. The summed E-state index contributed by atoms with van der Waals surface area (Å²) in [4.78, 5) is 6.92. The molecule has 1 atom stereocenters. The predicted octanol–water partition coefficient (Wildman–Crippen LogP) is 1.67. The summed E-state index contributed by atoms with van der Waals surface area (Å²) < 4.78 is 5.26. The van der Waals surface area contributed by atoms with E-state index in [1.54, 1.807) is 0 Å². The first-order chi connectivity index (χ1) is 9.22. The fourth-order valence-corrected chi connectivity index (χ4v) is 2.31. The third kappa shape index (κ3) is 9.77. The summed E-state index contributed by atoms with van der Waals surface area (Å²) >= 11 is 0. The Bertz CT molecular complexity index is 258. The summed E-state index contributed by atoms with van der Waals surface area (Å²) in [6.45, 7) is 11.1. The van der Waals surface area contributed by atoms with Gasteiger partial charge in [0.15, 0.2) is 5.96 Å². The van der Waals surface area contributed by atoms with Gasteiger partial charge in [-0.25, -0.2) is 0 Å². The number of rotatable bonds is 9. The van der Waals surface area contributed by atoms with Crippen LogP contribution in [0.2, 0.25) is 0 Å². The van der Waals surface area contributed by atoms with E-state index in [-0.39, 0.29) is 24.0 Å². The molecule has 3 N–H and O–H groups in total. The molecular weight excluding hydrogens is 367 g/mol. The van der Waals surface area contributed by atoms with E-state index in [0.29, 0.717) is 11.9 Å². The van der Waals surface area contributed by atoms with E-state index < -0.39 is 0 Å². The van der Waals surface area contributed by atoms with Gasteiger partial charge in [0.2, 0.25) is 0 Å². The molecule has 0 radical (unpaired) electrons. The molecule has 0 amide bonds. The molecule has 20 heavy (non-hydrogen) atoms. The molecular formula is C14H31IN4O. The fourth-order valence-electron chi connectivity index (χ4n) is 2.31. The maximum Gasteiger partial charge on any atom is 0.188 e. The summed E-state index contributed by atoms with van der Waals surface area (Å²) in [6, 6.07) is 0. The highest BCUT2D eigenvalue weighted by atomic mass is 127. The van der Waals surface area contributed by atoms with E-state index >= 15 is 0 Å². The topological polar surface area (TPSA) is 62.9 Å². The van der Waals surface area contributed by atoms with Crippen molar-refractivity contribution >= 4 is 29.9 Å². The van der Waals surface area contributed by atoms with E-state index in [9.17, 15) is 0 Å². The lowest BCUT2D eigenvalue weighted by Crippen LogP contribution is -2.34. The number of ether oxygens (including phenoxy) is 1. The van der Waals surface area contributed by atoms with Crippen molar-refractivity contribution in [2.24, 2.45) is 16.6 Å². The zero-order valence-corrected chi connectivity index (χ0v) is 15.3. The highest BCUT2D eigenvalue weighted by Gasteiger charge is 2.14. The van der Waals surface area contributed by atoms with Crippen LogP contribution in [0.3, 0.4) is 0 Å². The number of guanidine groups is 1. The van der Waals surface area contributed by atoms with Crippen LogP contribution in [0, 0.1) is 5.92 Å². The van der Waals surface area contributed by atoms with Crippen LogP contribution < -0.4 is 11.1 Å². The fraction of sp³-hybridized carbons (Fsp3) is 0.929. The number of nitrogens with zero attached hydrogens (tertiary/aromatic N) is 2. The number of aliphatic imine (C=N–C) groups is 1. The van der Waals surface area contributed by atoms with E-state index in [2.05, 4.69) is 22.1 Å². The molecule has 120 valence electrons. The maximum atomic E-state index is 5.83. The normalized spacial score (nSPS) is 17.8. The SMILES string of the molecule is CCOCCCNC(N)=NCC(C)CN1CCCC1.I. The van der Waals surface area contributed by atoms with Crippen LogP contribution in [-0.4, -0.2) is 56.8 Å². The zero-order chi connectivity index (χ0) is 13.9. The quantitative estimate of drug-likeness (QED) is 0.269. The Kier molecular flexibility index (Phi) is 12.6. The van der Waals surface area contributed by atoms with Gasteiger partial charge in [-0.15, -0.1) is 24.0 Å². The van der Waals surface area contributed by atoms with Gasteiger partial charge < -0.3 is 20.7 Å². The van der Waals surface area contributed by atoms with Gasteiger partial charge in [0.25, 0.3) is 0 Å². The number of nitrogens with two attached hydrogens (primary N) is 1. The van der Waals surface area contributed by atoms with Crippen LogP contribution in [0.1, 0.15) is 33.1 Å². The number of hydrogen-bond acceptors (Lipinski definition) is 3. The molecule has 1 rings (SSSR count). The second-order valence-corrected chi connectivity index (χ2v) is 5.32. The summed E-state index contributed by atoms with van der Waals surface area (Å²) in [5.41, 5.74) is 5.83. The van der Waals surface area contributed by atoms with Crippen molar-refractivity contribution in [2.45, 2.75) is 33.1 Å². The van der Waals surface area contributed by atoms with E-state index in [4.69, 9.17) is 10.5 Å². The smallest absolute Gasteiger partial charge is 0.188 e. The molecule has 1 aliphatic heterocycles. The monoisotopic (exact) mass is 398 g/mol. The molecule has 1 saturated heterocycles.